The first-order valence-electron chi connectivity index (χ1n) is 23.0. The fraction of sp³-hybridized carbons (Fsp3) is 0.449. The summed E-state index contributed by atoms with van der Waals surface area (Å²) in [6, 6.07) is 10.2. The Bertz CT molecular complexity index is 2790. The molecule has 0 saturated heterocycles. The Balaban J connectivity index is 0.921. The molecule has 7 N–H and O–H groups in total. The molecule has 20 heteroatoms. The van der Waals surface area contributed by atoms with E-state index in [4.69, 9.17) is 14.5 Å². The van der Waals surface area contributed by atoms with Gasteiger partial charge >= 0.3 is 12.1 Å². The number of carbonyl (C=O) groups is 7. The molecule has 0 saturated carbocycles. The summed E-state index contributed by atoms with van der Waals surface area (Å²) in [7, 11) is 0. The Morgan fingerprint density at radius 2 is 1.64 bits per heavy atom. The standard InChI is InChI=1S/C49H57FN8O11/c1-6-49(67)31-19-36-43-29(24-58(36)45(64)30(31)25-68-46(49)65)42-33(16-15-28-26(2)32(50)20-34(57-43)41(28)42)55-37(59)14-10-11-17-51-38(60)21-53-44(63)35(18-27-12-8-7-9-13-27)56-40(62)23-52-39(61)22-54-47(66)69-48(3,4)5/h7-9,12-13,19-20,33,35,67H,6,10-11,14-18,21-25H2,1-5H3,(H,51,60)(H,52,61)(H,53,63)(H,54,66)(H,55,59)(H,56,62)/t33-,35-,49-/m0/s1. The predicted molar refractivity (Wildman–Crippen MR) is 248 cm³/mol. The number of nitrogens with zero attached hydrogens (tertiary/aromatic N) is 2. The second-order valence-corrected chi connectivity index (χ2v) is 18.4. The molecule has 0 fully saturated rings. The molecule has 3 aliphatic rings. The molecule has 0 bridgehead atoms. The first kappa shape index (κ1) is 49.7. The molecular formula is C49H57FN8O11. The van der Waals surface area contributed by atoms with E-state index in [1.807, 2.05) is 0 Å². The van der Waals surface area contributed by atoms with Crippen molar-refractivity contribution in [1.82, 2.24) is 41.5 Å². The Kier molecular flexibility index (Phi) is 14.8. The number of hydrogen-bond acceptors (Lipinski definition) is 12. The lowest BCUT2D eigenvalue weighted by molar-refractivity contribution is -0.172. The van der Waals surface area contributed by atoms with Gasteiger partial charge in [-0.05, 0) is 88.1 Å². The Hall–Kier alpha value is -7.22. The van der Waals surface area contributed by atoms with Gasteiger partial charge in [0.05, 0.1) is 48.1 Å². The number of carbonyl (C=O) groups excluding carboxylic acids is 7. The van der Waals surface area contributed by atoms with Crippen LogP contribution in [0.5, 0.6) is 0 Å². The summed E-state index contributed by atoms with van der Waals surface area (Å²) in [5.41, 5.74) is 1.66. The van der Waals surface area contributed by atoms with Gasteiger partial charge in [-0.25, -0.2) is 19.0 Å². The third-order valence-electron chi connectivity index (χ3n) is 12.5. The summed E-state index contributed by atoms with van der Waals surface area (Å²) in [5, 5.41) is 27.8. The number of halogens is 1. The number of aliphatic hydroxyl groups is 1. The van der Waals surface area contributed by atoms with Crippen molar-refractivity contribution in [2.24, 2.45) is 0 Å². The number of alkyl carbamates (subject to hydrolysis) is 1. The molecule has 1 aliphatic carbocycles. The monoisotopic (exact) mass is 952 g/mol. The van der Waals surface area contributed by atoms with Gasteiger partial charge in [-0.2, -0.15) is 0 Å². The highest BCUT2D eigenvalue weighted by Crippen LogP contribution is 2.46. The lowest BCUT2D eigenvalue weighted by atomic mass is 9.81. The summed E-state index contributed by atoms with van der Waals surface area (Å²) < 4.78 is 27.2. The second kappa shape index (κ2) is 20.6. The molecule has 2 aromatic heterocycles. The van der Waals surface area contributed by atoms with Gasteiger partial charge in [0.15, 0.2) is 5.60 Å². The minimum Gasteiger partial charge on any atom is -0.458 e. The van der Waals surface area contributed by atoms with Crippen molar-refractivity contribution in [2.75, 3.05) is 26.2 Å². The molecule has 19 nitrogen and oxygen atoms in total. The van der Waals surface area contributed by atoms with E-state index in [9.17, 15) is 43.5 Å². The highest BCUT2D eigenvalue weighted by molar-refractivity contribution is 5.95. The first-order valence-corrected chi connectivity index (χ1v) is 23.0. The smallest absolute Gasteiger partial charge is 0.408 e. The highest BCUT2D eigenvalue weighted by Gasteiger charge is 2.46. The molecule has 7 rings (SSSR count). The van der Waals surface area contributed by atoms with Crippen LogP contribution in [0.15, 0.2) is 47.3 Å². The summed E-state index contributed by atoms with van der Waals surface area (Å²) in [4.78, 5) is 108. The van der Waals surface area contributed by atoms with Gasteiger partial charge in [-0.3, -0.25) is 28.8 Å². The minimum absolute atomic E-state index is 0.0249. The lowest BCUT2D eigenvalue weighted by Gasteiger charge is -2.31. The van der Waals surface area contributed by atoms with Crippen molar-refractivity contribution >= 4 is 52.5 Å². The molecule has 0 unspecified atom stereocenters. The zero-order chi connectivity index (χ0) is 49.8. The largest absolute Gasteiger partial charge is 0.458 e. The van der Waals surface area contributed by atoms with Crippen molar-refractivity contribution in [3.63, 3.8) is 0 Å². The Morgan fingerprint density at radius 1 is 0.928 bits per heavy atom. The number of hydrogen-bond donors (Lipinski definition) is 7. The topological polar surface area (TPSA) is 265 Å². The number of unbranched alkanes of at least 4 members (excludes halogenated alkanes) is 1. The third kappa shape index (κ3) is 11.1. The Morgan fingerprint density at radius 3 is 2.36 bits per heavy atom. The molecule has 4 aromatic rings. The molecule has 69 heavy (non-hydrogen) atoms. The van der Waals surface area contributed by atoms with E-state index in [2.05, 4.69) is 31.9 Å². The van der Waals surface area contributed by atoms with Crippen molar-refractivity contribution in [2.45, 2.75) is 116 Å². The second-order valence-electron chi connectivity index (χ2n) is 18.4. The van der Waals surface area contributed by atoms with Crippen LogP contribution in [0.1, 0.15) is 105 Å². The van der Waals surface area contributed by atoms with Crippen LogP contribution in [0.4, 0.5) is 9.18 Å². The van der Waals surface area contributed by atoms with Gasteiger partial charge in [0.2, 0.25) is 29.5 Å². The van der Waals surface area contributed by atoms with Crippen molar-refractivity contribution < 1.29 is 52.5 Å². The predicted octanol–water partition coefficient (Wildman–Crippen LogP) is 2.40. The Labute approximate surface area is 396 Å². The van der Waals surface area contributed by atoms with Crippen molar-refractivity contribution in [3.05, 3.63) is 97.6 Å². The van der Waals surface area contributed by atoms with E-state index in [-0.39, 0.29) is 56.0 Å². The zero-order valence-electron chi connectivity index (χ0n) is 39.2. The van der Waals surface area contributed by atoms with Gasteiger partial charge in [0.25, 0.3) is 5.56 Å². The number of pyridine rings is 2. The maximum atomic E-state index is 15.3. The number of aryl methyl sites for hydroxylation is 1. The van der Waals surface area contributed by atoms with E-state index in [0.29, 0.717) is 53.7 Å². The normalized spacial score (nSPS) is 17.0. The van der Waals surface area contributed by atoms with Crippen molar-refractivity contribution in [3.8, 4) is 11.4 Å². The number of esters is 1. The fourth-order valence-corrected chi connectivity index (χ4v) is 8.97. The maximum Gasteiger partial charge on any atom is 0.408 e. The molecule has 366 valence electrons. The summed E-state index contributed by atoms with van der Waals surface area (Å²) in [5.74, 6) is -3.99. The highest BCUT2D eigenvalue weighted by atomic mass is 19.1. The van der Waals surface area contributed by atoms with Gasteiger partial charge in [0, 0.05) is 42.0 Å². The van der Waals surface area contributed by atoms with E-state index < -0.39 is 90.0 Å². The average Bonchev–Trinajstić information content (AvgIpc) is 3.68. The van der Waals surface area contributed by atoms with Crippen LogP contribution in [0.2, 0.25) is 0 Å². The number of rotatable bonds is 17. The number of ether oxygens (including phenoxy) is 2. The summed E-state index contributed by atoms with van der Waals surface area (Å²) in [6.07, 6.45) is 1.15. The number of fused-ring (bicyclic) bond motifs is 5. The summed E-state index contributed by atoms with van der Waals surface area (Å²) in [6.45, 7) is 7.04. The fourth-order valence-electron chi connectivity index (χ4n) is 8.97. The quantitative estimate of drug-likeness (QED) is 0.0524. The molecule has 6 amide bonds. The molecule has 4 heterocycles. The van der Waals surface area contributed by atoms with Crippen LogP contribution < -0.4 is 37.5 Å². The molecular weight excluding hydrogens is 896 g/mol. The molecule has 2 aromatic carbocycles. The van der Waals surface area contributed by atoms with Gasteiger partial charge in [0.1, 0.15) is 30.6 Å². The van der Waals surface area contributed by atoms with E-state index >= 15 is 4.39 Å². The average molecular weight is 953 g/mol. The molecule has 0 spiro atoms. The van der Waals surface area contributed by atoms with Crippen LogP contribution in [0, 0.1) is 12.7 Å². The number of nitrogens with one attached hydrogen (secondary N) is 6. The van der Waals surface area contributed by atoms with Crippen LogP contribution in [0.3, 0.4) is 0 Å². The number of amides is 6. The first-order chi connectivity index (χ1) is 32.8. The molecule has 3 atom stereocenters. The van der Waals surface area contributed by atoms with Gasteiger partial charge < -0.3 is 51.0 Å². The summed E-state index contributed by atoms with van der Waals surface area (Å²) >= 11 is 0. The van der Waals surface area contributed by atoms with Gasteiger partial charge in [-0.15, -0.1) is 0 Å². The van der Waals surface area contributed by atoms with E-state index in [0.717, 1.165) is 22.1 Å². The maximum absolute atomic E-state index is 15.3. The number of benzene rings is 2. The lowest BCUT2D eigenvalue weighted by Crippen LogP contribution is -2.52. The van der Waals surface area contributed by atoms with E-state index in [1.54, 1.807) is 71.0 Å². The molecule has 2 aliphatic heterocycles. The SMILES string of the molecule is CC[C@@]1(O)C(=O)OCc2c1cc1n(c2=O)Cc2c-1nc1cc(F)c(C)c3c1c2[C@@H](NC(=O)CCCCNC(=O)CNC(=O)[C@H](Cc1ccccc1)NC(=O)CNC(=O)CNC(=O)OC(C)(C)C)CC3. The zero-order valence-corrected chi connectivity index (χ0v) is 39.2. The van der Waals surface area contributed by atoms with Crippen LogP contribution in [-0.4, -0.2) is 94.1 Å². The van der Waals surface area contributed by atoms with Crippen molar-refractivity contribution in [1.29, 1.82) is 0 Å². The third-order valence-corrected chi connectivity index (χ3v) is 12.5. The number of cyclic esters (lactones) is 1. The molecule has 0 radical (unpaired) electrons. The van der Waals surface area contributed by atoms with Crippen LogP contribution >= 0.6 is 0 Å². The van der Waals surface area contributed by atoms with Gasteiger partial charge in [-0.1, -0.05) is 37.3 Å². The van der Waals surface area contributed by atoms with Crippen LogP contribution in [0.25, 0.3) is 22.3 Å². The van der Waals surface area contributed by atoms with E-state index in [1.165, 1.54) is 10.6 Å². The minimum atomic E-state index is -2.02. The van der Waals surface area contributed by atoms with Crippen LogP contribution in [-0.2, 0) is 69.8 Å². The number of aromatic nitrogens is 2.